The molecule has 2 N–H and O–H groups in total. The second-order valence-corrected chi connectivity index (χ2v) is 6.64. The summed E-state index contributed by atoms with van der Waals surface area (Å²) < 4.78 is 0. The third-order valence-electron chi connectivity index (χ3n) is 4.17. The van der Waals surface area contributed by atoms with E-state index < -0.39 is 6.04 Å². The van der Waals surface area contributed by atoms with Gasteiger partial charge in [0.2, 0.25) is 5.91 Å². The van der Waals surface area contributed by atoms with Crippen molar-refractivity contribution in [1.29, 1.82) is 0 Å². The molecule has 3 rings (SSSR count). The van der Waals surface area contributed by atoms with E-state index in [2.05, 4.69) is 28.2 Å². The first-order chi connectivity index (χ1) is 10.7. The van der Waals surface area contributed by atoms with E-state index in [1.165, 1.54) is 10.5 Å². The molecule has 0 saturated carbocycles. The summed E-state index contributed by atoms with van der Waals surface area (Å²) in [5.41, 5.74) is 1.31. The highest BCUT2D eigenvalue weighted by Gasteiger charge is 2.25. The van der Waals surface area contributed by atoms with Gasteiger partial charge in [-0.2, -0.15) is 0 Å². The summed E-state index contributed by atoms with van der Waals surface area (Å²) in [6.07, 6.45) is 5.65. The van der Waals surface area contributed by atoms with Crippen LogP contribution in [0.4, 0.5) is 4.79 Å². The molecule has 0 aliphatic carbocycles. The summed E-state index contributed by atoms with van der Waals surface area (Å²) in [6, 6.07) is 3.63. The maximum absolute atomic E-state index is 12.3. The standard InChI is InChI=1S/C16H21N3O2S/c20-15-13(4-1-2-8-17-15)18-16(21)19-9-6-12(7-10-19)14-5-3-11-22-14/h3,5-6,11,13H,1-2,4,7-10H2,(H,17,20)(H,18,21). The summed E-state index contributed by atoms with van der Waals surface area (Å²) in [5, 5.41) is 7.79. The van der Waals surface area contributed by atoms with Crippen LogP contribution in [0.1, 0.15) is 30.6 Å². The Morgan fingerprint density at radius 3 is 3.05 bits per heavy atom. The quantitative estimate of drug-likeness (QED) is 0.878. The van der Waals surface area contributed by atoms with E-state index in [0.717, 1.165) is 25.7 Å². The Morgan fingerprint density at radius 1 is 1.41 bits per heavy atom. The topological polar surface area (TPSA) is 61.4 Å². The van der Waals surface area contributed by atoms with Gasteiger partial charge >= 0.3 is 6.03 Å². The van der Waals surface area contributed by atoms with Crippen LogP contribution in [-0.4, -0.2) is 42.5 Å². The lowest BCUT2D eigenvalue weighted by Crippen LogP contribution is -2.51. The largest absolute Gasteiger partial charge is 0.354 e. The van der Waals surface area contributed by atoms with Gasteiger partial charge in [-0.05, 0) is 42.7 Å². The van der Waals surface area contributed by atoms with E-state index in [1.807, 2.05) is 6.07 Å². The number of hydrogen-bond acceptors (Lipinski definition) is 3. The van der Waals surface area contributed by atoms with Crippen LogP contribution < -0.4 is 10.6 Å². The first kappa shape index (κ1) is 15.1. The molecule has 5 nitrogen and oxygen atoms in total. The number of rotatable bonds is 2. The van der Waals surface area contributed by atoms with Crippen molar-refractivity contribution in [3.05, 3.63) is 28.5 Å². The molecule has 1 atom stereocenters. The minimum atomic E-state index is -0.391. The van der Waals surface area contributed by atoms with Gasteiger partial charge in [-0.25, -0.2) is 4.79 Å². The molecule has 2 aliphatic heterocycles. The fraction of sp³-hybridized carbons (Fsp3) is 0.500. The van der Waals surface area contributed by atoms with Gasteiger partial charge in [-0.3, -0.25) is 4.79 Å². The van der Waals surface area contributed by atoms with Gasteiger partial charge < -0.3 is 15.5 Å². The molecule has 0 radical (unpaired) electrons. The third kappa shape index (κ3) is 3.50. The van der Waals surface area contributed by atoms with Crippen LogP contribution in [0.5, 0.6) is 0 Å². The molecule has 1 unspecified atom stereocenters. The van der Waals surface area contributed by atoms with Crippen LogP contribution >= 0.6 is 11.3 Å². The van der Waals surface area contributed by atoms with Crippen LogP contribution in [0.15, 0.2) is 23.6 Å². The average Bonchev–Trinajstić information content (AvgIpc) is 3.00. The van der Waals surface area contributed by atoms with Crippen molar-refractivity contribution >= 4 is 28.8 Å². The van der Waals surface area contributed by atoms with Crippen LogP contribution in [-0.2, 0) is 4.79 Å². The van der Waals surface area contributed by atoms with E-state index in [9.17, 15) is 9.59 Å². The smallest absolute Gasteiger partial charge is 0.318 e. The predicted octanol–water partition coefficient (Wildman–Crippen LogP) is 2.22. The Bertz CT molecular complexity index is 568. The Morgan fingerprint density at radius 2 is 2.32 bits per heavy atom. The van der Waals surface area contributed by atoms with Gasteiger partial charge in [-0.1, -0.05) is 12.1 Å². The van der Waals surface area contributed by atoms with Gasteiger partial charge in [0.25, 0.3) is 0 Å². The van der Waals surface area contributed by atoms with Gasteiger partial charge in [-0.15, -0.1) is 11.3 Å². The highest BCUT2D eigenvalue weighted by Crippen LogP contribution is 2.26. The summed E-state index contributed by atoms with van der Waals surface area (Å²) >= 11 is 1.73. The lowest BCUT2D eigenvalue weighted by atomic mass is 10.1. The number of amides is 3. The molecule has 0 bridgehead atoms. The van der Waals surface area contributed by atoms with Gasteiger partial charge in [0, 0.05) is 24.5 Å². The monoisotopic (exact) mass is 319 g/mol. The number of nitrogens with one attached hydrogen (secondary N) is 2. The molecule has 1 fully saturated rings. The Balaban J connectivity index is 1.56. The number of urea groups is 1. The Kier molecular flexibility index (Phi) is 4.77. The van der Waals surface area contributed by atoms with Crippen LogP contribution in [0.25, 0.3) is 5.57 Å². The fourth-order valence-corrected chi connectivity index (χ4v) is 3.65. The molecule has 3 amide bonds. The molecule has 1 aromatic rings. The average molecular weight is 319 g/mol. The van der Waals surface area contributed by atoms with E-state index in [1.54, 1.807) is 16.2 Å². The summed E-state index contributed by atoms with van der Waals surface area (Å²) in [6.45, 7) is 2.01. The minimum absolute atomic E-state index is 0.0577. The van der Waals surface area contributed by atoms with E-state index in [4.69, 9.17) is 0 Å². The third-order valence-corrected chi connectivity index (χ3v) is 5.11. The molecule has 118 valence electrons. The highest BCUT2D eigenvalue weighted by atomic mass is 32.1. The Hall–Kier alpha value is -1.82. The SMILES string of the molecule is O=C1NCCCCC1NC(=O)N1CC=C(c2cccs2)CC1. The van der Waals surface area contributed by atoms with Crippen molar-refractivity contribution in [2.45, 2.75) is 31.7 Å². The maximum Gasteiger partial charge on any atom is 0.318 e. The van der Waals surface area contributed by atoms with Crippen molar-refractivity contribution in [2.75, 3.05) is 19.6 Å². The normalized spacial score (nSPS) is 22.5. The number of nitrogens with zero attached hydrogens (tertiary/aromatic N) is 1. The number of carbonyl (C=O) groups excluding carboxylic acids is 2. The number of hydrogen-bond donors (Lipinski definition) is 2. The van der Waals surface area contributed by atoms with E-state index >= 15 is 0 Å². The van der Waals surface area contributed by atoms with Crippen LogP contribution in [0.2, 0.25) is 0 Å². The molecule has 0 spiro atoms. The van der Waals surface area contributed by atoms with Crippen molar-refractivity contribution in [1.82, 2.24) is 15.5 Å². The van der Waals surface area contributed by atoms with Gasteiger partial charge in [0.15, 0.2) is 0 Å². The summed E-state index contributed by atoms with van der Waals surface area (Å²) in [4.78, 5) is 27.3. The van der Waals surface area contributed by atoms with Gasteiger partial charge in [0.05, 0.1) is 0 Å². The zero-order valence-corrected chi connectivity index (χ0v) is 13.3. The number of thiophene rings is 1. The molecule has 2 aliphatic rings. The highest BCUT2D eigenvalue weighted by molar-refractivity contribution is 7.11. The zero-order valence-electron chi connectivity index (χ0n) is 12.5. The van der Waals surface area contributed by atoms with E-state index in [-0.39, 0.29) is 11.9 Å². The molecule has 3 heterocycles. The lowest BCUT2D eigenvalue weighted by molar-refractivity contribution is -0.122. The van der Waals surface area contributed by atoms with Crippen LogP contribution in [0.3, 0.4) is 0 Å². The minimum Gasteiger partial charge on any atom is -0.354 e. The molecular weight excluding hydrogens is 298 g/mol. The van der Waals surface area contributed by atoms with Crippen molar-refractivity contribution in [3.63, 3.8) is 0 Å². The van der Waals surface area contributed by atoms with Crippen molar-refractivity contribution < 1.29 is 9.59 Å². The molecule has 6 heteroatoms. The molecule has 1 aromatic heterocycles. The van der Waals surface area contributed by atoms with Crippen molar-refractivity contribution in [3.8, 4) is 0 Å². The molecule has 22 heavy (non-hydrogen) atoms. The zero-order chi connectivity index (χ0) is 15.4. The Labute approximate surface area is 134 Å². The second-order valence-electron chi connectivity index (χ2n) is 5.69. The van der Waals surface area contributed by atoms with Crippen molar-refractivity contribution in [2.24, 2.45) is 0 Å². The molecular formula is C16H21N3O2S. The van der Waals surface area contributed by atoms with E-state index in [0.29, 0.717) is 19.6 Å². The summed E-state index contributed by atoms with van der Waals surface area (Å²) in [7, 11) is 0. The fourth-order valence-electron chi connectivity index (χ4n) is 2.86. The first-order valence-corrected chi connectivity index (χ1v) is 8.68. The second kappa shape index (κ2) is 6.96. The van der Waals surface area contributed by atoms with Crippen LogP contribution in [0, 0.1) is 0 Å². The maximum atomic E-state index is 12.3. The predicted molar refractivity (Wildman–Crippen MR) is 87.7 cm³/mol. The number of carbonyl (C=O) groups is 2. The lowest BCUT2D eigenvalue weighted by Gasteiger charge is -2.28. The first-order valence-electron chi connectivity index (χ1n) is 7.80. The molecule has 0 aromatic carbocycles. The molecule has 1 saturated heterocycles. The summed E-state index contributed by atoms with van der Waals surface area (Å²) in [5.74, 6) is -0.0577. The van der Waals surface area contributed by atoms with Gasteiger partial charge in [0.1, 0.15) is 6.04 Å².